The molecule has 0 amide bonds. The van der Waals surface area contributed by atoms with E-state index in [-0.39, 0.29) is 6.42 Å². The number of hydrogen-bond acceptors (Lipinski definition) is 3. The van der Waals surface area contributed by atoms with Crippen LogP contribution in [0.4, 0.5) is 0 Å². The molecule has 3 heteroatoms. The van der Waals surface area contributed by atoms with E-state index in [1.165, 1.54) is 0 Å². The minimum absolute atomic E-state index is 0.150. The van der Waals surface area contributed by atoms with Crippen molar-refractivity contribution in [2.45, 2.75) is 6.42 Å². The number of rotatable bonds is 4. The SMILES string of the molecule is O=C([O-])Cc1ccccc1Oc1ccccc1. The van der Waals surface area contributed by atoms with E-state index in [0.29, 0.717) is 17.1 Å². The summed E-state index contributed by atoms with van der Waals surface area (Å²) in [5, 5.41) is 10.6. The lowest BCUT2D eigenvalue weighted by Crippen LogP contribution is -2.24. The van der Waals surface area contributed by atoms with Crippen LogP contribution in [0.2, 0.25) is 0 Å². The Hall–Kier alpha value is -2.29. The van der Waals surface area contributed by atoms with E-state index >= 15 is 0 Å². The van der Waals surface area contributed by atoms with Gasteiger partial charge in [-0.05, 0) is 18.2 Å². The molecule has 0 spiro atoms. The van der Waals surface area contributed by atoms with Crippen LogP contribution in [0, 0.1) is 0 Å². The number of para-hydroxylation sites is 2. The number of carboxylic acid groups (broad SMARTS) is 1. The van der Waals surface area contributed by atoms with Gasteiger partial charge in [0.2, 0.25) is 0 Å². The molecule has 0 aliphatic rings. The fourth-order valence-corrected chi connectivity index (χ4v) is 1.52. The number of carbonyl (C=O) groups excluding carboxylic acids is 1. The Morgan fingerprint density at radius 2 is 1.65 bits per heavy atom. The average molecular weight is 227 g/mol. The largest absolute Gasteiger partial charge is 0.550 e. The monoisotopic (exact) mass is 227 g/mol. The van der Waals surface area contributed by atoms with E-state index in [1.54, 1.807) is 24.3 Å². The zero-order chi connectivity index (χ0) is 12.1. The predicted molar refractivity (Wildman–Crippen MR) is 61.7 cm³/mol. The first-order valence-corrected chi connectivity index (χ1v) is 5.26. The van der Waals surface area contributed by atoms with E-state index in [9.17, 15) is 9.90 Å². The maximum Gasteiger partial charge on any atom is 0.130 e. The van der Waals surface area contributed by atoms with Crippen LogP contribution in [0.15, 0.2) is 54.6 Å². The number of carbonyl (C=O) groups is 1. The molecule has 0 aliphatic heterocycles. The van der Waals surface area contributed by atoms with Gasteiger partial charge in [0.1, 0.15) is 11.5 Å². The Morgan fingerprint density at radius 3 is 2.35 bits per heavy atom. The van der Waals surface area contributed by atoms with Gasteiger partial charge in [-0.1, -0.05) is 36.4 Å². The van der Waals surface area contributed by atoms with E-state index < -0.39 is 5.97 Å². The van der Waals surface area contributed by atoms with Gasteiger partial charge in [-0.25, -0.2) is 0 Å². The van der Waals surface area contributed by atoms with Gasteiger partial charge in [0, 0.05) is 18.0 Å². The first-order chi connectivity index (χ1) is 8.25. The molecular formula is C14H11O3-. The van der Waals surface area contributed by atoms with Crippen LogP contribution >= 0.6 is 0 Å². The summed E-state index contributed by atoms with van der Waals surface area (Å²) in [6.07, 6.45) is -0.150. The minimum atomic E-state index is -1.12. The second-order valence-corrected chi connectivity index (χ2v) is 3.57. The van der Waals surface area contributed by atoms with E-state index in [0.717, 1.165) is 0 Å². The molecule has 0 N–H and O–H groups in total. The highest BCUT2D eigenvalue weighted by Gasteiger charge is 2.04. The van der Waals surface area contributed by atoms with Crippen molar-refractivity contribution in [1.82, 2.24) is 0 Å². The van der Waals surface area contributed by atoms with Crippen molar-refractivity contribution >= 4 is 5.97 Å². The summed E-state index contributed by atoms with van der Waals surface area (Å²) in [6.45, 7) is 0. The molecule has 2 aromatic rings. The molecule has 2 rings (SSSR count). The number of hydrogen-bond donors (Lipinski definition) is 0. The van der Waals surface area contributed by atoms with Crippen molar-refractivity contribution in [1.29, 1.82) is 0 Å². The van der Waals surface area contributed by atoms with Crippen LogP contribution in [0.3, 0.4) is 0 Å². The molecule has 0 aromatic heterocycles. The molecule has 0 heterocycles. The Labute approximate surface area is 99.3 Å². The molecule has 0 saturated carbocycles. The summed E-state index contributed by atoms with van der Waals surface area (Å²) < 4.78 is 5.62. The molecule has 2 aromatic carbocycles. The predicted octanol–water partition coefficient (Wildman–Crippen LogP) is 1.77. The molecule has 0 aliphatic carbocycles. The maximum absolute atomic E-state index is 10.6. The van der Waals surface area contributed by atoms with Gasteiger partial charge in [-0.15, -0.1) is 0 Å². The summed E-state index contributed by atoms with van der Waals surface area (Å²) in [5.74, 6) is 0.107. The van der Waals surface area contributed by atoms with Crippen LogP contribution in [-0.4, -0.2) is 5.97 Å². The lowest BCUT2D eigenvalue weighted by atomic mass is 10.1. The van der Waals surface area contributed by atoms with E-state index in [4.69, 9.17) is 4.74 Å². The van der Waals surface area contributed by atoms with Crippen molar-refractivity contribution in [3.05, 3.63) is 60.2 Å². The number of benzene rings is 2. The standard InChI is InChI=1S/C14H12O3/c15-14(16)10-11-6-4-5-9-13(11)17-12-7-2-1-3-8-12/h1-9H,10H2,(H,15,16)/p-1. The summed E-state index contributed by atoms with van der Waals surface area (Å²) >= 11 is 0. The molecular weight excluding hydrogens is 216 g/mol. The Morgan fingerprint density at radius 1 is 1.00 bits per heavy atom. The zero-order valence-electron chi connectivity index (χ0n) is 9.13. The smallest absolute Gasteiger partial charge is 0.130 e. The van der Waals surface area contributed by atoms with Crippen LogP contribution in [0.1, 0.15) is 5.56 Å². The molecule has 0 saturated heterocycles. The second-order valence-electron chi connectivity index (χ2n) is 3.57. The van der Waals surface area contributed by atoms with Crippen molar-refractivity contribution < 1.29 is 14.6 Å². The third kappa shape index (κ3) is 3.08. The van der Waals surface area contributed by atoms with Crippen molar-refractivity contribution in [2.75, 3.05) is 0 Å². The number of carboxylic acids is 1. The van der Waals surface area contributed by atoms with E-state index in [1.807, 2.05) is 30.3 Å². The third-order valence-electron chi connectivity index (χ3n) is 2.28. The van der Waals surface area contributed by atoms with Crippen molar-refractivity contribution in [2.24, 2.45) is 0 Å². The normalized spacial score (nSPS) is 9.88. The summed E-state index contributed by atoms with van der Waals surface area (Å²) in [5.41, 5.74) is 0.608. The molecule has 0 atom stereocenters. The Bertz CT molecular complexity index is 506. The lowest BCUT2D eigenvalue weighted by Gasteiger charge is -2.11. The van der Waals surface area contributed by atoms with Gasteiger partial charge in [-0.2, -0.15) is 0 Å². The Kier molecular flexibility index (Phi) is 3.40. The Balaban J connectivity index is 2.23. The summed E-state index contributed by atoms with van der Waals surface area (Å²) in [7, 11) is 0. The van der Waals surface area contributed by atoms with Gasteiger partial charge in [0.05, 0.1) is 0 Å². The molecule has 3 nitrogen and oxygen atoms in total. The molecule has 0 unspecified atom stereocenters. The zero-order valence-corrected chi connectivity index (χ0v) is 9.13. The maximum atomic E-state index is 10.6. The third-order valence-corrected chi connectivity index (χ3v) is 2.28. The summed E-state index contributed by atoms with van der Waals surface area (Å²) in [6, 6.07) is 16.3. The van der Waals surface area contributed by atoms with Gasteiger partial charge in [-0.3, -0.25) is 0 Å². The quantitative estimate of drug-likeness (QED) is 0.799. The first-order valence-electron chi connectivity index (χ1n) is 5.26. The van der Waals surface area contributed by atoms with Gasteiger partial charge < -0.3 is 14.6 Å². The average Bonchev–Trinajstić information content (AvgIpc) is 2.32. The summed E-state index contributed by atoms with van der Waals surface area (Å²) in [4.78, 5) is 10.6. The molecule has 86 valence electrons. The highest BCUT2D eigenvalue weighted by Crippen LogP contribution is 2.25. The van der Waals surface area contributed by atoms with Gasteiger partial charge in [0.15, 0.2) is 0 Å². The van der Waals surface area contributed by atoms with Crippen LogP contribution in [0.25, 0.3) is 0 Å². The van der Waals surface area contributed by atoms with Crippen LogP contribution in [-0.2, 0) is 11.2 Å². The van der Waals surface area contributed by atoms with Crippen LogP contribution < -0.4 is 9.84 Å². The van der Waals surface area contributed by atoms with Crippen molar-refractivity contribution in [3.8, 4) is 11.5 Å². The minimum Gasteiger partial charge on any atom is -0.550 e. The highest BCUT2D eigenvalue weighted by molar-refractivity contribution is 5.69. The number of ether oxygens (including phenoxy) is 1. The van der Waals surface area contributed by atoms with Crippen molar-refractivity contribution in [3.63, 3.8) is 0 Å². The highest BCUT2D eigenvalue weighted by atomic mass is 16.5. The van der Waals surface area contributed by atoms with Gasteiger partial charge in [0.25, 0.3) is 0 Å². The van der Waals surface area contributed by atoms with Gasteiger partial charge >= 0.3 is 0 Å². The fourth-order valence-electron chi connectivity index (χ4n) is 1.52. The molecule has 0 radical (unpaired) electrons. The first kappa shape index (κ1) is 11.2. The fraction of sp³-hybridized carbons (Fsp3) is 0.0714. The lowest BCUT2D eigenvalue weighted by molar-refractivity contribution is -0.304. The second kappa shape index (κ2) is 5.16. The van der Waals surface area contributed by atoms with Crippen LogP contribution in [0.5, 0.6) is 11.5 Å². The number of aliphatic carboxylic acids is 1. The molecule has 0 fully saturated rings. The topological polar surface area (TPSA) is 49.4 Å². The molecule has 0 bridgehead atoms. The van der Waals surface area contributed by atoms with E-state index in [2.05, 4.69) is 0 Å². The molecule has 17 heavy (non-hydrogen) atoms.